The van der Waals surface area contributed by atoms with Gasteiger partial charge < -0.3 is 20.3 Å². The maximum atomic E-state index is 11.9. The van der Waals surface area contributed by atoms with Gasteiger partial charge in [-0.1, -0.05) is 0 Å². The number of nitrogens with two attached hydrogens (primary N) is 1. The molecule has 6 heteroatoms. The molecular weight excluding hydrogens is 234 g/mol. The van der Waals surface area contributed by atoms with Crippen molar-refractivity contribution in [3.8, 4) is 0 Å². The zero-order valence-corrected chi connectivity index (χ0v) is 11.4. The number of carbonyl (C=O) groups excluding carboxylic acids is 2. The molecule has 1 saturated heterocycles. The van der Waals surface area contributed by atoms with E-state index in [0.29, 0.717) is 32.6 Å². The number of hydrogen-bond acceptors (Lipinski definition) is 4. The Hall–Kier alpha value is -1.14. The van der Waals surface area contributed by atoms with Crippen LogP contribution in [0.1, 0.15) is 20.3 Å². The molecule has 0 atom stereocenters. The van der Waals surface area contributed by atoms with Crippen molar-refractivity contribution in [1.82, 2.24) is 9.80 Å². The second kappa shape index (κ2) is 6.15. The molecule has 18 heavy (non-hydrogen) atoms. The molecule has 0 aromatic heterocycles. The highest BCUT2D eigenvalue weighted by Crippen LogP contribution is 2.10. The summed E-state index contributed by atoms with van der Waals surface area (Å²) in [5, 5.41) is 0. The fourth-order valence-corrected chi connectivity index (χ4v) is 1.92. The van der Waals surface area contributed by atoms with Gasteiger partial charge in [0.05, 0.1) is 0 Å². The van der Waals surface area contributed by atoms with Gasteiger partial charge >= 0.3 is 0 Å². The number of nitrogens with zero attached hydrogens (tertiary/aromatic N) is 2. The zero-order chi connectivity index (χ0) is 13.8. The molecule has 0 aromatic rings. The quantitative estimate of drug-likeness (QED) is 0.732. The molecule has 0 bridgehead atoms. The first-order valence-electron chi connectivity index (χ1n) is 6.17. The van der Waals surface area contributed by atoms with Crippen molar-refractivity contribution in [2.24, 2.45) is 5.73 Å². The van der Waals surface area contributed by atoms with Gasteiger partial charge in [-0.25, -0.2) is 0 Å². The fourth-order valence-electron chi connectivity index (χ4n) is 1.92. The van der Waals surface area contributed by atoms with E-state index in [1.54, 1.807) is 9.80 Å². The maximum Gasteiger partial charge on any atom is 0.248 e. The average molecular weight is 257 g/mol. The predicted molar refractivity (Wildman–Crippen MR) is 67.9 cm³/mol. The summed E-state index contributed by atoms with van der Waals surface area (Å²) < 4.78 is 4.81. The summed E-state index contributed by atoms with van der Waals surface area (Å²) in [5.74, 6) is 0.0325. The summed E-state index contributed by atoms with van der Waals surface area (Å²) in [5.41, 5.74) is 5.34. The highest BCUT2D eigenvalue weighted by Gasteiger charge is 2.26. The van der Waals surface area contributed by atoms with Crippen LogP contribution < -0.4 is 5.73 Å². The minimum Gasteiger partial charge on any atom is -0.375 e. The smallest absolute Gasteiger partial charge is 0.248 e. The molecule has 1 aliphatic rings. The highest BCUT2D eigenvalue weighted by atomic mass is 16.5. The summed E-state index contributed by atoms with van der Waals surface area (Å²) >= 11 is 0. The molecular formula is C12H23N3O3. The first-order chi connectivity index (χ1) is 8.33. The number of ether oxygens (including phenoxy) is 1. The minimum absolute atomic E-state index is 0.0243. The van der Waals surface area contributed by atoms with Crippen LogP contribution in [0.25, 0.3) is 0 Å². The lowest BCUT2D eigenvalue weighted by Crippen LogP contribution is -2.52. The lowest BCUT2D eigenvalue weighted by molar-refractivity contribution is -0.142. The van der Waals surface area contributed by atoms with Gasteiger partial charge in [0.15, 0.2) is 0 Å². The fraction of sp³-hybridized carbons (Fsp3) is 0.833. The van der Waals surface area contributed by atoms with Crippen LogP contribution >= 0.6 is 0 Å². The Balaban J connectivity index is 2.39. The molecule has 6 nitrogen and oxygen atoms in total. The van der Waals surface area contributed by atoms with E-state index in [0.717, 1.165) is 0 Å². The molecule has 0 saturated carbocycles. The van der Waals surface area contributed by atoms with Crippen LogP contribution in [-0.4, -0.2) is 67.0 Å². The van der Waals surface area contributed by atoms with E-state index in [-0.39, 0.29) is 18.4 Å². The molecule has 2 amide bonds. The first-order valence-corrected chi connectivity index (χ1v) is 6.17. The van der Waals surface area contributed by atoms with Crippen LogP contribution in [0.4, 0.5) is 0 Å². The van der Waals surface area contributed by atoms with Crippen LogP contribution in [0, 0.1) is 0 Å². The van der Waals surface area contributed by atoms with Crippen LogP contribution in [-0.2, 0) is 14.3 Å². The van der Waals surface area contributed by atoms with Gasteiger partial charge in [0.25, 0.3) is 0 Å². The standard InChI is InChI=1S/C12H23N3O3/c1-12(2,13)8-10(16)14-4-6-15(7-5-14)11(17)9-18-3/h4-9,13H2,1-3H3. The summed E-state index contributed by atoms with van der Waals surface area (Å²) in [7, 11) is 1.50. The molecule has 2 N–H and O–H groups in total. The van der Waals surface area contributed by atoms with Gasteiger partial charge in [0, 0.05) is 45.2 Å². The number of rotatable bonds is 4. The number of carbonyl (C=O) groups is 2. The van der Waals surface area contributed by atoms with Crippen LogP contribution in [0.5, 0.6) is 0 Å². The molecule has 104 valence electrons. The van der Waals surface area contributed by atoms with Crippen LogP contribution in [0.15, 0.2) is 0 Å². The molecule has 0 unspecified atom stereocenters. The largest absolute Gasteiger partial charge is 0.375 e. The molecule has 0 aromatic carbocycles. The van der Waals surface area contributed by atoms with Crippen molar-refractivity contribution < 1.29 is 14.3 Å². The van der Waals surface area contributed by atoms with Crippen LogP contribution in [0.3, 0.4) is 0 Å². The SMILES string of the molecule is COCC(=O)N1CCN(C(=O)CC(C)(C)N)CC1. The van der Waals surface area contributed by atoms with Gasteiger partial charge in [-0.3, -0.25) is 9.59 Å². The summed E-state index contributed by atoms with van der Waals surface area (Å²) in [6.45, 7) is 6.06. The normalized spacial score (nSPS) is 16.9. The van der Waals surface area contributed by atoms with E-state index < -0.39 is 5.54 Å². The van der Waals surface area contributed by atoms with Crippen molar-refractivity contribution >= 4 is 11.8 Å². The second-order valence-corrected chi connectivity index (χ2v) is 5.36. The lowest BCUT2D eigenvalue weighted by atomic mass is 10.0. The average Bonchev–Trinajstić information content (AvgIpc) is 2.27. The molecule has 0 radical (unpaired) electrons. The van der Waals surface area contributed by atoms with Gasteiger partial charge in [0.2, 0.25) is 11.8 Å². The number of methoxy groups -OCH3 is 1. The van der Waals surface area contributed by atoms with E-state index in [1.807, 2.05) is 13.8 Å². The summed E-state index contributed by atoms with van der Waals surface area (Å²) in [6.07, 6.45) is 0.332. The first kappa shape index (κ1) is 14.9. The van der Waals surface area contributed by atoms with E-state index in [1.165, 1.54) is 7.11 Å². The molecule has 1 heterocycles. The third kappa shape index (κ3) is 4.62. The Kier molecular flexibility index (Phi) is 5.10. The highest BCUT2D eigenvalue weighted by molar-refractivity contribution is 5.79. The summed E-state index contributed by atoms with van der Waals surface area (Å²) in [4.78, 5) is 27.0. The van der Waals surface area contributed by atoms with Crippen molar-refractivity contribution in [2.75, 3.05) is 39.9 Å². The van der Waals surface area contributed by atoms with Gasteiger partial charge in [-0.15, -0.1) is 0 Å². The Morgan fingerprint density at radius 3 is 1.94 bits per heavy atom. The Labute approximate surface area is 108 Å². The monoisotopic (exact) mass is 257 g/mol. The summed E-state index contributed by atoms with van der Waals surface area (Å²) in [6, 6.07) is 0. The lowest BCUT2D eigenvalue weighted by Gasteiger charge is -2.35. The molecule has 1 rings (SSSR count). The van der Waals surface area contributed by atoms with E-state index >= 15 is 0 Å². The second-order valence-electron chi connectivity index (χ2n) is 5.36. The Bertz CT molecular complexity index is 304. The van der Waals surface area contributed by atoms with E-state index in [4.69, 9.17) is 10.5 Å². The number of piperazine rings is 1. The Morgan fingerprint density at radius 2 is 1.56 bits per heavy atom. The van der Waals surface area contributed by atoms with Crippen molar-refractivity contribution in [2.45, 2.75) is 25.8 Å². The predicted octanol–water partition coefficient (Wildman–Crippen LogP) is -0.569. The number of amides is 2. The van der Waals surface area contributed by atoms with Crippen LogP contribution in [0.2, 0.25) is 0 Å². The van der Waals surface area contributed by atoms with Gasteiger partial charge in [0.1, 0.15) is 6.61 Å². The van der Waals surface area contributed by atoms with Gasteiger partial charge in [-0.2, -0.15) is 0 Å². The topological polar surface area (TPSA) is 75.9 Å². The van der Waals surface area contributed by atoms with Gasteiger partial charge in [-0.05, 0) is 13.8 Å². The Morgan fingerprint density at radius 1 is 1.11 bits per heavy atom. The van der Waals surface area contributed by atoms with E-state index in [9.17, 15) is 9.59 Å². The molecule has 0 aliphatic carbocycles. The van der Waals surface area contributed by atoms with E-state index in [2.05, 4.69) is 0 Å². The zero-order valence-electron chi connectivity index (χ0n) is 11.4. The molecule has 1 fully saturated rings. The third-order valence-corrected chi connectivity index (χ3v) is 2.86. The van der Waals surface area contributed by atoms with Crippen molar-refractivity contribution in [1.29, 1.82) is 0 Å². The molecule has 1 aliphatic heterocycles. The van der Waals surface area contributed by atoms with Crippen molar-refractivity contribution in [3.05, 3.63) is 0 Å². The third-order valence-electron chi connectivity index (χ3n) is 2.86. The van der Waals surface area contributed by atoms with Crippen molar-refractivity contribution in [3.63, 3.8) is 0 Å². The minimum atomic E-state index is -0.486. The number of hydrogen-bond donors (Lipinski definition) is 1. The maximum absolute atomic E-state index is 11.9. The molecule has 0 spiro atoms.